The second-order valence-electron chi connectivity index (χ2n) is 8.12. The molecule has 0 aromatic heterocycles. The van der Waals surface area contributed by atoms with Crippen LogP contribution in [0.4, 0.5) is 0 Å². The molecule has 0 radical (unpaired) electrons. The normalized spacial score (nSPS) is 14.9. The summed E-state index contributed by atoms with van der Waals surface area (Å²) in [5.74, 6) is 1.04. The maximum absolute atomic E-state index is 4.06. The highest BCUT2D eigenvalue weighted by Gasteiger charge is 2.15. The molecule has 0 unspecified atom stereocenters. The van der Waals surface area contributed by atoms with Gasteiger partial charge in [-0.05, 0) is 77.4 Å². The molecular formula is C29H54. The van der Waals surface area contributed by atoms with Gasteiger partial charge in [0.25, 0.3) is 0 Å². The first-order valence-corrected chi connectivity index (χ1v) is 12.0. The summed E-state index contributed by atoms with van der Waals surface area (Å²) < 4.78 is 0. The lowest BCUT2D eigenvalue weighted by Crippen LogP contribution is -1.99. The van der Waals surface area contributed by atoms with Crippen LogP contribution in [0.1, 0.15) is 120 Å². The van der Waals surface area contributed by atoms with E-state index in [2.05, 4.69) is 61.3 Å². The number of hydrogen-bond acceptors (Lipinski definition) is 0. The van der Waals surface area contributed by atoms with Crippen LogP contribution < -0.4 is 0 Å². The molecule has 1 fully saturated rings. The molecule has 1 saturated carbocycles. The van der Waals surface area contributed by atoms with Crippen molar-refractivity contribution in [1.82, 2.24) is 0 Å². The monoisotopic (exact) mass is 402 g/mol. The molecule has 0 spiro atoms. The van der Waals surface area contributed by atoms with Gasteiger partial charge in [0.1, 0.15) is 0 Å². The Morgan fingerprint density at radius 3 is 1.62 bits per heavy atom. The second-order valence-corrected chi connectivity index (χ2v) is 8.12. The third kappa shape index (κ3) is 18.5. The molecule has 170 valence electrons. The second kappa shape index (κ2) is 23.0. The number of allylic oxidation sites excluding steroid dienone is 7. The van der Waals surface area contributed by atoms with Crippen molar-refractivity contribution in [1.29, 1.82) is 0 Å². The van der Waals surface area contributed by atoms with Gasteiger partial charge in [-0.25, -0.2) is 0 Å². The fourth-order valence-corrected chi connectivity index (χ4v) is 3.53. The molecule has 2 aliphatic carbocycles. The molecule has 0 aromatic rings. The highest BCUT2D eigenvalue weighted by Crippen LogP contribution is 2.35. The molecule has 2 rings (SSSR count). The quantitative estimate of drug-likeness (QED) is 0.325. The maximum atomic E-state index is 4.06. The summed E-state index contributed by atoms with van der Waals surface area (Å²) in [5.41, 5.74) is 7.18. The third-order valence-electron chi connectivity index (χ3n) is 4.90. The topological polar surface area (TPSA) is 0 Å². The Labute approximate surface area is 186 Å². The van der Waals surface area contributed by atoms with Gasteiger partial charge in [-0.3, -0.25) is 0 Å². The minimum atomic E-state index is 1.04. The Morgan fingerprint density at radius 1 is 0.966 bits per heavy atom. The average molecular weight is 403 g/mol. The minimum Gasteiger partial charge on any atom is -0.103 e. The zero-order chi connectivity index (χ0) is 23.2. The van der Waals surface area contributed by atoms with E-state index < -0.39 is 0 Å². The molecular weight excluding hydrogens is 348 g/mol. The summed E-state index contributed by atoms with van der Waals surface area (Å²) in [5, 5.41) is 0. The van der Waals surface area contributed by atoms with Crippen molar-refractivity contribution in [3.05, 3.63) is 59.8 Å². The van der Waals surface area contributed by atoms with Crippen LogP contribution >= 0.6 is 0 Å². The first kappa shape index (κ1) is 32.4. The minimum absolute atomic E-state index is 1.04. The molecule has 0 heterocycles. The van der Waals surface area contributed by atoms with E-state index in [0.29, 0.717) is 0 Å². The molecule has 0 atom stereocenters. The van der Waals surface area contributed by atoms with Gasteiger partial charge >= 0.3 is 0 Å². The van der Waals surface area contributed by atoms with Gasteiger partial charge in [0, 0.05) is 0 Å². The average Bonchev–Trinajstić information content (AvgIpc) is 3.10. The van der Waals surface area contributed by atoms with Crippen LogP contribution in [0.3, 0.4) is 0 Å². The van der Waals surface area contributed by atoms with E-state index in [4.69, 9.17) is 0 Å². The summed E-state index contributed by atoms with van der Waals surface area (Å²) in [6.07, 6.45) is 16.0. The van der Waals surface area contributed by atoms with Crippen molar-refractivity contribution < 1.29 is 0 Å². The first-order chi connectivity index (χ1) is 13.8. The van der Waals surface area contributed by atoms with Crippen LogP contribution in [0.15, 0.2) is 59.8 Å². The molecule has 0 aliphatic heterocycles. The molecule has 0 nitrogen and oxygen atoms in total. The van der Waals surface area contributed by atoms with Crippen LogP contribution in [0.25, 0.3) is 0 Å². The largest absolute Gasteiger partial charge is 0.103 e. The highest BCUT2D eigenvalue weighted by atomic mass is 14.2. The SMILES string of the molecule is C=C(C)C(=C(C)C)C1=C(C)CCC1.C=CC.C=CCC.CC.CC1CCCCC1. The van der Waals surface area contributed by atoms with E-state index in [1.807, 2.05) is 26.8 Å². The number of hydrogen-bond donors (Lipinski definition) is 0. The van der Waals surface area contributed by atoms with Gasteiger partial charge in [0.05, 0.1) is 0 Å². The van der Waals surface area contributed by atoms with Gasteiger partial charge < -0.3 is 0 Å². The maximum Gasteiger partial charge on any atom is -0.0215 e. The highest BCUT2D eigenvalue weighted by molar-refractivity contribution is 5.50. The molecule has 0 bridgehead atoms. The standard InChI is InChI=1S/C13H20.C7H14.C4H8.C3H6.C2H6/c1-9(2)13(10(3)4)12-8-6-7-11(12)5;1-7-5-3-2-4-6-7;1-3-4-2;1-3-2;1-2/h1,6-8H2,2-5H3;7H,2-6H2,1H3;3H,1,4H2,2H3;3H,1H2,2H3;1-2H3. The Bertz CT molecular complexity index is 474. The zero-order valence-electron chi connectivity index (χ0n) is 21.7. The van der Waals surface area contributed by atoms with E-state index >= 15 is 0 Å². The summed E-state index contributed by atoms with van der Waals surface area (Å²) in [4.78, 5) is 0. The van der Waals surface area contributed by atoms with Crippen molar-refractivity contribution in [2.75, 3.05) is 0 Å². The van der Waals surface area contributed by atoms with Crippen molar-refractivity contribution in [2.45, 2.75) is 120 Å². The molecule has 0 N–H and O–H groups in total. The lowest BCUT2D eigenvalue weighted by Gasteiger charge is -2.15. The van der Waals surface area contributed by atoms with Crippen molar-refractivity contribution in [3.63, 3.8) is 0 Å². The van der Waals surface area contributed by atoms with Crippen molar-refractivity contribution in [2.24, 2.45) is 5.92 Å². The summed E-state index contributed by atoms with van der Waals surface area (Å²) >= 11 is 0. The molecule has 0 amide bonds. The van der Waals surface area contributed by atoms with Crippen molar-refractivity contribution in [3.8, 4) is 0 Å². The Kier molecular flexibility index (Phi) is 25.7. The van der Waals surface area contributed by atoms with Gasteiger partial charge in [0.2, 0.25) is 0 Å². The lowest BCUT2D eigenvalue weighted by atomic mass is 9.91. The first-order valence-electron chi connectivity index (χ1n) is 12.0. The van der Waals surface area contributed by atoms with Gasteiger partial charge in [-0.2, -0.15) is 0 Å². The summed E-state index contributed by atoms with van der Waals surface area (Å²) in [6.45, 7) is 30.0. The predicted octanol–water partition coefficient (Wildman–Crippen LogP) is 10.8. The van der Waals surface area contributed by atoms with Crippen molar-refractivity contribution >= 4 is 0 Å². The molecule has 29 heavy (non-hydrogen) atoms. The smallest absolute Gasteiger partial charge is 0.0215 e. The van der Waals surface area contributed by atoms with Gasteiger partial charge in [-0.15, -0.1) is 13.2 Å². The van der Waals surface area contributed by atoms with E-state index in [1.54, 1.807) is 17.2 Å². The van der Waals surface area contributed by atoms with Gasteiger partial charge in [0.15, 0.2) is 0 Å². The molecule has 0 saturated heterocycles. The fourth-order valence-electron chi connectivity index (χ4n) is 3.53. The van der Waals surface area contributed by atoms with E-state index in [0.717, 1.165) is 12.3 Å². The Morgan fingerprint density at radius 2 is 1.41 bits per heavy atom. The number of rotatable bonds is 3. The van der Waals surface area contributed by atoms with E-state index in [-0.39, 0.29) is 0 Å². The predicted molar refractivity (Wildman–Crippen MR) is 140 cm³/mol. The van der Waals surface area contributed by atoms with Gasteiger partial charge in [-0.1, -0.05) is 95.2 Å². The molecule has 0 aromatic carbocycles. The van der Waals surface area contributed by atoms with Crippen LogP contribution in [-0.2, 0) is 0 Å². The van der Waals surface area contributed by atoms with Crippen LogP contribution in [0, 0.1) is 5.92 Å². The Hall–Kier alpha value is -1.30. The Balaban J connectivity index is -0.000000355. The fraction of sp³-hybridized carbons (Fsp3) is 0.655. The van der Waals surface area contributed by atoms with E-state index in [9.17, 15) is 0 Å². The zero-order valence-corrected chi connectivity index (χ0v) is 21.7. The van der Waals surface area contributed by atoms with Crippen LogP contribution in [-0.4, -0.2) is 0 Å². The molecule has 0 heteroatoms. The third-order valence-corrected chi connectivity index (χ3v) is 4.90. The summed E-state index contributed by atoms with van der Waals surface area (Å²) in [6, 6.07) is 0. The lowest BCUT2D eigenvalue weighted by molar-refractivity contribution is 0.385. The van der Waals surface area contributed by atoms with Crippen LogP contribution in [0.2, 0.25) is 0 Å². The van der Waals surface area contributed by atoms with Crippen LogP contribution in [0.5, 0.6) is 0 Å². The molecule has 2 aliphatic rings. The summed E-state index contributed by atoms with van der Waals surface area (Å²) in [7, 11) is 0. The van der Waals surface area contributed by atoms with E-state index in [1.165, 1.54) is 68.1 Å².